The van der Waals surface area contributed by atoms with Gasteiger partial charge >= 0.3 is 0 Å². The van der Waals surface area contributed by atoms with Crippen LogP contribution in [0.3, 0.4) is 0 Å². The van der Waals surface area contributed by atoms with E-state index in [1.54, 1.807) is 11.8 Å². The van der Waals surface area contributed by atoms with E-state index in [0.29, 0.717) is 5.75 Å². The van der Waals surface area contributed by atoms with Gasteiger partial charge in [0, 0.05) is 23.3 Å². The Balaban J connectivity index is 1.59. The van der Waals surface area contributed by atoms with Crippen LogP contribution in [0.15, 0.2) is 15.0 Å². The zero-order valence-electron chi connectivity index (χ0n) is 15.6. The van der Waals surface area contributed by atoms with E-state index in [1.165, 1.54) is 0 Å². The lowest BCUT2D eigenvalue weighted by atomic mass is 9.75. The average molecular weight is 362 g/mol. The highest BCUT2D eigenvalue weighted by Crippen LogP contribution is 2.42. The van der Waals surface area contributed by atoms with Crippen LogP contribution >= 0.6 is 11.8 Å². The molecule has 25 heavy (non-hydrogen) atoms. The van der Waals surface area contributed by atoms with Gasteiger partial charge in [-0.25, -0.2) is 0 Å². The monoisotopic (exact) mass is 362 g/mol. The van der Waals surface area contributed by atoms with Crippen molar-refractivity contribution >= 4 is 17.7 Å². The molecule has 0 aromatic carbocycles. The molecule has 1 aliphatic carbocycles. The first-order chi connectivity index (χ1) is 11.7. The first-order valence-electron chi connectivity index (χ1n) is 8.63. The summed E-state index contributed by atoms with van der Waals surface area (Å²) < 4.78 is 11.0. The predicted octanol–water partition coefficient (Wildman–Crippen LogP) is 4.26. The van der Waals surface area contributed by atoms with E-state index < -0.39 is 0 Å². The number of aromatic nitrogens is 1. The first-order valence-corrected chi connectivity index (χ1v) is 9.79. The number of carbonyl (C=O) groups excluding carboxylic acids is 1. The highest BCUT2D eigenvalue weighted by molar-refractivity contribution is 7.99. The minimum absolute atomic E-state index is 0.0309. The third-order valence-electron chi connectivity index (χ3n) is 4.73. The summed E-state index contributed by atoms with van der Waals surface area (Å²) in [7, 11) is 0. The summed E-state index contributed by atoms with van der Waals surface area (Å²) in [6.07, 6.45) is 1.85. The van der Waals surface area contributed by atoms with Crippen molar-refractivity contribution in [1.29, 1.82) is 0 Å². The number of aryl methyl sites for hydroxylation is 3. The molecule has 0 saturated carbocycles. The zero-order chi connectivity index (χ0) is 18.2. The fourth-order valence-corrected chi connectivity index (χ4v) is 4.49. The number of amides is 1. The van der Waals surface area contributed by atoms with Gasteiger partial charge in [-0.3, -0.25) is 4.79 Å². The fraction of sp³-hybridized carbons (Fsp3) is 0.579. The van der Waals surface area contributed by atoms with Gasteiger partial charge in [-0.15, -0.1) is 11.8 Å². The molecule has 3 rings (SSSR count). The molecule has 0 saturated heterocycles. The van der Waals surface area contributed by atoms with Gasteiger partial charge in [0.25, 0.3) is 0 Å². The molecule has 1 unspecified atom stereocenters. The van der Waals surface area contributed by atoms with Crippen molar-refractivity contribution in [1.82, 2.24) is 10.5 Å². The van der Waals surface area contributed by atoms with Crippen LogP contribution in [-0.2, 0) is 17.0 Å². The lowest BCUT2D eigenvalue weighted by molar-refractivity contribution is -0.119. The number of rotatable bonds is 5. The Morgan fingerprint density at radius 1 is 1.40 bits per heavy atom. The normalized spacial score (nSPS) is 18.8. The summed E-state index contributed by atoms with van der Waals surface area (Å²) >= 11 is 1.59. The molecule has 0 aliphatic heterocycles. The Labute approximate surface area is 152 Å². The van der Waals surface area contributed by atoms with E-state index in [-0.39, 0.29) is 17.4 Å². The number of nitrogens with one attached hydrogen (secondary N) is 1. The smallest absolute Gasteiger partial charge is 0.230 e. The second-order valence-corrected chi connectivity index (χ2v) is 8.68. The average Bonchev–Trinajstić information content (AvgIpc) is 3.02. The van der Waals surface area contributed by atoms with Crippen LogP contribution in [0.5, 0.6) is 0 Å². The molecular formula is C19H26N2O3S. The molecule has 1 amide bonds. The van der Waals surface area contributed by atoms with Crippen LogP contribution in [0.4, 0.5) is 0 Å². The van der Waals surface area contributed by atoms with Crippen molar-refractivity contribution < 1.29 is 13.7 Å². The lowest BCUT2D eigenvalue weighted by Gasteiger charge is -2.34. The standard InChI is InChI=1S/C19H26N2O3S/c1-11-6-14-16(7-19(4,5)8-17(14)23-11)20-18(22)10-25-9-15-12(2)21-24-13(15)3/h6,16H,7-10H2,1-5H3,(H,20,22). The minimum atomic E-state index is 0.0309. The van der Waals surface area contributed by atoms with Crippen LogP contribution < -0.4 is 5.32 Å². The van der Waals surface area contributed by atoms with Gasteiger partial charge in [0.2, 0.25) is 5.91 Å². The summed E-state index contributed by atoms with van der Waals surface area (Å²) in [4.78, 5) is 12.4. The molecule has 1 aliphatic rings. The topological polar surface area (TPSA) is 68.3 Å². The van der Waals surface area contributed by atoms with E-state index >= 15 is 0 Å². The molecule has 0 fully saturated rings. The van der Waals surface area contributed by atoms with Crippen molar-refractivity contribution in [3.63, 3.8) is 0 Å². The molecule has 0 spiro atoms. The van der Waals surface area contributed by atoms with Crippen molar-refractivity contribution in [3.8, 4) is 0 Å². The highest BCUT2D eigenvalue weighted by Gasteiger charge is 2.35. The van der Waals surface area contributed by atoms with Gasteiger partial charge < -0.3 is 14.3 Å². The second-order valence-electron chi connectivity index (χ2n) is 7.70. The molecule has 2 aromatic rings. The summed E-state index contributed by atoms with van der Waals surface area (Å²) in [5.74, 6) is 3.98. The van der Waals surface area contributed by atoms with Gasteiger partial charge in [0.05, 0.1) is 17.5 Å². The quantitative estimate of drug-likeness (QED) is 0.861. The third kappa shape index (κ3) is 4.11. The number of carbonyl (C=O) groups is 1. The van der Waals surface area contributed by atoms with Crippen molar-refractivity contribution in [2.45, 2.75) is 59.3 Å². The van der Waals surface area contributed by atoms with Crippen LogP contribution in [0.1, 0.15) is 60.4 Å². The maximum absolute atomic E-state index is 12.4. The number of hydrogen-bond donors (Lipinski definition) is 1. The van der Waals surface area contributed by atoms with Crippen LogP contribution in [0.25, 0.3) is 0 Å². The van der Waals surface area contributed by atoms with E-state index in [1.807, 2.05) is 20.8 Å². The van der Waals surface area contributed by atoms with Gasteiger partial charge in [0.15, 0.2) is 0 Å². The summed E-state index contributed by atoms with van der Waals surface area (Å²) in [5.41, 5.74) is 3.25. The van der Waals surface area contributed by atoms with Gasteiger partial charge in [-0.05, 0) is 38.7 Å². The van der Waals surface area contributed by atoms with E-state index in [4.69, 9.17) is 8.94 Å². The van der Waals surface area contributed by atoms with E-state index in [0.717, 1.165) is 52.7 Å². The summed E-state index contributed by atoms with van der Waals surface area (Å²) in [6.45, 7) is 10.2. The SMILES string of the molecule is Cc1cc2c(o1)CC(C)(C)CC2NC(=O)CSCc1c(C)noc1C. The van der Waals surface area contributed by atoms with Crippen LogP contribution in [0, 0.1) is 26.2 Å². The van der Waals surface area contributed by atoms with Crippen LogP contribution in [-0.4, -0.2) is 16.8 Å². The molecule has 6 heteroatoms. The van der Waals surface area contributed by atoms with Crippen molar-refractivity contribution in [2.24, 2.45) is 5.41 Å². The van der Waals surface area contributed by atoms with Gasteiger partial charge in [-0.2, -0.15) is 0 Å². The lowest BCUT2D eigenvalue weighted by Crippen LogP contribution is -2.36. The number of thioether (sulfide) groups is 1. The summed E-state index contributed by atoms with van der Waals surface area (Å²) in [6, 6.07) is 2.09. The Kier molecular flexibility index (Phi) is 5.00. The largest absolute Gasteiger partial charge is 0.466 e. The molecule has 1 atom stereocenters. The molecular weight excluding hydrogens is 336 g/mol. The Morgan fingerprint density at radius 3 is 2.84 bits per heavy atom. The third-order valence-corrected chi connectivity index (χ3v) is 5.69. The molecule has 136 valence electrons. The minimum Gasteiger partial charge on any atom is -0.466 e. The Hall–Kier alpha value is -1.69. The number of fused-ring (bicyclic) bond motifs is 1. The Morgan fingerprint density at radius 2 is 2.16 bits per heavy atom. The molecule has 0 bridgehead atoms. The fourth-order valence-electron chi connectivity index (χ4n) is 3.50. The number of nitrogens with zero attached hydrogens (tertiary/aromatic N) is 1. The molecule has 2 heterocycles. The molecule has 1 N–H and O–H groups in total. The summed E-state index contributed by atoms with van der Waals surface area (Å²) in [5, 5.41) is 7.15. The molecule has 5 nitrogen and oxygen atoms in total. The highest BCUT2D eigenvalue weighted by atomic mass is 32.2. The van der Waals surface area contributed by atoms with Crippen molar-refractivity contribution in [3.05, 3.63) is 40.2 Å². The maximum Gasteiger partial charge on any atom is 0.230 e. The zero-order valence-corrected chi connectivity index (χ0v) is 16.4. The van der Waals surface area contributed by atoms with E-state index in [9.17, 15) is 4.79 Å². The first kappa shape index (κ1) is 18.1. The second kappa shape index (κ2) is 6.90. The number of furan rings is 1. The van der Waals surface area contributed by atoms with E-state index in [2.05, 4.69) is 30.4 Å². The van der Waals surface area contributed by atoms with Crippen LogP contribution in [0.2, 0.25) is 0 Å². The predicted molar refractivity (Wildman–Crippen MR) is 98.6 cm³/mol. The van der Waals surface area contributed by atoms with Crippen molar-refractivity contribution in [2.75, 3.05) is 5.75 Å². The van der Waals surface area contributed by atoms with Gasteiger partial charge in [-0.1, -0.05) is 19.0 Å². The number of hydrogen-bond acceptors (Lipinski definition) is 5. The van der Waals surface area contributed by atoms with Gasteiger partial charge in [0.1, 0.15) is 17.3 Å². The molecule has 0 radical (unpaired) electrons. The maximum atomic E-state index is 12.4. The molecule has 2 aromatic heterocycles. The Bertz CT molecular complexity index is 756.